The number of hydrogen-bond donors (Lipinski definition) is 2. The van der Waals surface area contributed by atoms with E-state index in [0.29, 0.717) is 33.4 Å². The van der Waals surface area contributed by atoms with Gasteiger partial charge in [0.2, 0.25) is 0 Å². The van der Waals surface area contributed by atoms with Gasteiger partial charge in [0, 0.05) is 16.1 Å². The summed E-state index contributed by atoms with van der Waals surface area (Å²) >= 11 is 5.90. The summed E-state index contributed by atoms with van der Waals surface area (Å²) in [7, 11) is 0. The van der Waals surface area contributed by atoms with Gasteiger partial charge in [-0.25, -0.2) is 0 Å². The molecule has 0 fully saturated rings. The van der Waals surface area contributed by atoms with Gasteiger partial charge in [0.25, 0.3) is 5.91 Å². The van der Waals surface area contributed by atoms with E-state index in [0.717, 1.165) is 5.56 Å². The first-order chi connectivity index (χ1) is 12.7. The molecule has 0 atom stereocenters. The third-order valence-corrected chi connectivity index (χ3v) is 4.18. The van der Waals surface area contributed by atoms with E-state index in [1.807, 2.05) is 30.3 Å². The molecule has 6 heteroatoms. The highest BCUT2D eigenvalue weighted by Crippen LogP contribution is 2.35. The van der Waals surface area contributed by atoms with Crippen molar-refractivity contribution in [1.29, 1.82) is 0 Å². The van der Waals surface area contributed by atoms with Crippen LogP contribution in [0.1, 0.15) is 10.4 Å². The molecule has 0 aliphatic carbocycles. The van der Waals surface area contributed by atoms with Gasteiger partial charge in [-0.05, 0) is 36.4 Å². The van der Waals surface area contributed by atoms with Crippen LogP contribution in [0, 0.1) is 0 Å². The molecule has 2 aromatic carbocycles. The lowest BCUT2D eigenvalue weighted by Gasteiger charge is -2.08. The second-order valence-electron chi connectivity index (χ2n) is 5.63. The number of amides is 1. The number of carbonyl (C=O) groups excluding carboxylic acids is 1. The Balaban J connectivity index is 1.76. The number of furan rings is 1. The Morgan fingerprint density at radius 2 is 1.77 bits per heavy atom. The predicted octanol–water partition coefficient (Wildman–Crippen LogP) is 5.24. The molecule has 5 nitrogen and oxygen atoms in total. The lowest BCUT2D eigenvalue weighted by atomic mass is 10.1. The molecule has 128 valence electrons. The fourth-order valence-electron chi connectivity index (χ4n) is 2.65. The quantitative estimate of drug-likeness (QED) is 0.520. The van der Waals surface area contributed by atoms with Crippen molar-refractivity contribution >= 4 is 23.2 Å². The number of aromatic amines is 1. The van der Waals surface area contributed by atoms with Crippen LogP contribution in [-0.2, 0) is 0 Å². The second-order valence-corrected chi connectivity index (χ2v) is 6.06. The molecule has 0 bridgehead atoms. The summed E-state index contributed by atoms with van der Waals surface area (Å²) in [6, 6.07) is 19.9. The number of hydrogen-bond acceptors (Lipinski definition) is 3. The summed E-state index contributed by atoms with van der Waals surface area (Å²) in [5.74, 6) is 0.333. The molecule has 26 heavy (non-hydrogen) atoms. The van der Waals surface area contributed by atoms with Crippen molar-refractivity contribution in [3.63, 3.8) is 0 Å². The Labute approximate surface area is 154 Å². The van der Waals surface area contributed by atoms with Gasteiger partial charge in [-0.15, -0.1) is 0 Å². The molecular formula is C20H14ClN3O2. The monoisotopic (exact) mass is 363 g/mol. The average Bonchev–Trinajstić information content (AvgIpc) is 3.32. The van der Waals surface area contributed by atoms with Crippen LogP contribution < -0.4 is 5.32 Å². The lowest BCUT2D eigenvalue weighted by Crippen LogP contribution is -2.12. The van der Waals surface area contributed by atoms with Gasteiger partial charge in [-0.2, -0.15) is 5.10 Å². The van der Waals surface area contributed by atoms with Gasteiger partial charge in [0.05, 0.1) is 12.0 Å². The van der Waals surface area contributed by atoms with Crippen molar-refractivity contribution < 1.29 is 9.21 Å². The lowest BCUT2D eigenvalue weighted by molar-refractivity contribution is 0.102. The molecule has 1 amide bonds. The number of aromatic nitrogens is 2. The van der Waals surface area contributed by atoms with Crippen molar-refractivity contribution in [2.45, 2.75) is 0 Å². The van der Waals surface area contributed by atoms with Crippen LogP contribution in [-0.4, -0.2) is 16.1 Å². The molecule has 0 saturated heterocycles. The molecule has 0 radical (unpaired) electrons. The van der Waals surface area contributed by atoms with Crippen LogP contribution in [0.5, 0.6) is 0 Å². The maximum atomic E-state index is 12.7. The maximum absolute atomic E-state index is 12.7. The Kier molecular flexibility index (Phi) is 4.29. The number of benzene rings is 2. The second kappa shape index (κ2) is 6.90. The Morgan fingerprint density at radius 3 is 2.46 bits per heavy atom. The number of nitrogens with zero attached hydrogens (tertiary/aromatic N) is 1. The summed E-state index contributed by atoms with van der Waals surface area (Å²) in [5, 5.41) is 10.9. The number of halogens is 1. The number of nitrogens with one attached hydrogen (secondary N) is 2. The van der Waals surface area contributed by atoms with E-state index in [2.05, 4.69) is 15.5 Å². The largest absolute Gasteiger partial charge is 0.463 e. The van der Waals surface area contributed by atoms with Crippen LogP contribution in [0.15, 0.2) is 77.4 Å². The summed E-state index contributed by atoms with van der Waals surface area (Å²) in [5.41, 5.74) is 3.19. The molecule has 2 aromatic heterocycles. The molecule has 0 saturated carbocycles. The van der Waals surface area contributed by atoms with Crippen molar-refractivity contribution in [2.24, 2.45) is 0 Å². The van der Waals surface area contributed by atoms with Gasteiger partial charge in [0.15, 0.2) is 5.76 Å². The molecular weight excluding hydrogens is 350 g/mol. The number of H-pyrrole nitrogens is 1. The number of rotatable bonds is 4. The Bertz CT molecular complexity index is 1020. The zero-order valence-corrected chi connectivity index (χ0v) is 14.3. The number of anilines is 1. The highest BCUT2D eigenvalue weighted by molar-refractivity contribution is 6.30. The van der Waals surface area contributed by atoms with Gasteiger partial charge >= 0.3 is 0 Å². The minimum Gasteiger partial charge on any atom is -0.463 e. The zero-order valence-electron chi connectivity index (χ0n) is 13.6. The molecule has 2 N–H and O–H groups in total. The van der Waals surface area contributed by atoms with E-state index >= 15 is 0 Å². The van der Waals surface area contributed by atoms with E-state index in [1.165, 1.54) is 0 Å². The number of carbonyl (C=O) groups is 1. The fraction of sp³-hybridized carbons (Fsp3) is 0. The highest BCUT2D eigenvalue weighted by Gasteiger charge is 2.20. The van der Waals surface area contributed by atoms with Crippen LogP contribution in [0.3, 0.4) is 0 Å². The normalized spacial score (nSPS) is 10.7. The van der Waals surface area contributed by atoms with E-state index in [9.17, 15) is 4.79 Å². The predicted molar refractivity (Wildman–Crippen MR) is 101 cm³/mol. The zero-order chi connectivity index (χ0) is 17.9. The minimum atomic E-state index is -0.256. The third-order valence-electron chi connectivity index (χ3n) is 3.93. The topological polar surface area (TPSA) is 70.9 Å². The summed E-state index contributed by atoms with van der Waals surface area (Å²) in [4.78, 5) is 12.7. The van der Waals surface area contributed by atoms with Gasteiger partial charge in [0.1, 0.15) is 11.4 Å². The van der Waals surface area contributed by atoms with Crippen molar-refractivity contribution in [3.8, 4) is 22.7 Å². The highest BCUT2D eigenvalue weighted by atomic mass is 35.5. The van der Waals surface area contributed by atoms with Gasteiger partial charge in [-0.1, -0.05) is 41.9 Å². The van der Waals surface area contributed by atoms with E-state index in [-0.39, 0.29) is 5.91 Å². The summed E-state index contributed by atoms with van der Waals surface area (Å²) < 4.78 is 5.47. The van der Waals surface area contributed by atoms with Gasteiger partial charge in [-0.3, -0.25) is 9.89 Å². The molecule has 0 spiro atoms. The summed E-state index contributed by atoms with van der Waals surface area (Å²) in [6.45, 7) is 0. The van der Waals surface area contributed by atoms with Crippen molar-refractivity contribution in [2.75, 3.05) is 5.32 Å². The first-order valence-corrected chi connectivity index (χ1v) is 8.35. The fourth-order valence-corrected chi connectivity index (χ4v) is 2.78. The van der Waals surface area contributed by atoms with E-state index in [4.69, 9.17) is 16.0 Å². The van der Waals surface area contributed by atoms with Crippen molar-refractivity contribution in [1.82, 2.24) is 10.2 Å². The first-order valence-electron chi connectivity index (χ1n) is 7.97. The van der Waals surface area contributed by atoms with E-state index < -0.39 is 0 Å². The van der Waals surface area contributed by atoms with Gasteiger partial charge < -0.3 is 9.73 Å². The standard InChI is InChI=1S/C20H14ClN3O2/c21-15-10-8-14(9-11-15)20(25)22-19-17(13-5-2-1-3-6-13)23-24-18(19)16-7-4-12-26-16/h1-12H,(H,22,25)(H,23,24). The SMILES string of the molecule is O=C(Nc1c(-c2ccccc2)n[nH]c1-c1ccco1)c1ccc(Cl)cc1. The van der Waals surface area contributed by atoms with Crippen LogP contribution >= 0.6 is 11.6 Å². The molecule has 4 aromatic rings. The van der Waals surface area contributed by atoms with E-state index in [1.54, 1.807) is 42.7 Å². The Hall–Kier alpha value is -3.31. The molecule has 0 unspecified atom stereocenters. The van der Waals surface area contributed by atoms with Crippen LogP contribution in [0.25, 0.3) is 22.7 Å². The smallest absolute Gasteiger partial charge is 0.255 e. The summed E-state index contributed by atoms with van der Waals surface area (Å²) in [6.07, 6.45) is 1.57. The van der Waals surface area contributed by atoms with Crippen molar-refractivity contribution in [3.05, 3.63) is 83.6 Å². The third kappa shape index (κ3) is 3.12. The molecule has 0 aliphatic heterocycles. The maximum Gasteiger partial charge on any atom is 0.255 e. The minimum absolute atomic E-state index is 0.256. The average molecular weight is 364 g/mol. The Morgan fingerprint density at radius 1 is 1.00 bits per heavy atom. The van der Waals surface area contributed by atoms with Crippen LogP contribution in [0.2, 0.25) is 5.02 Å². The molecule has 4 rings (SSSR count). The first kappa shape index (κ1) is 16.2. The van der Waals surface area contributed by atoms with Crippen LogP contribution in [0.4, 0.5) is 5.69 Å². The molecule has 0 aliphatic rings. The molecule has 2 heterocycles.